The first-order valence-corrected chi connectivity index (χ1v) is 14.7. The molecule has 1 fully saturated rings. The number of rotatable bonds is 10. The summed E-state index contributed by atoms with van der Waals surface area (Å²) >= 11 is 0. The van der Waals surface area contributed by atoms with Gasteiger partial charge in [0.15, 0.2) is 5.78 Å². The van der Waals surface area contributed by atoms with Crippen LogP contribution >= 0.6 is 0 Å². The van der Waals surface area contributed by atoms with Crippen LogP contribution < -0.4 is 15.2 Å². The molecule has 3 N–H and O–H groups in total. The SMILES string of the molecule is Cc1cncc(-c2ccc(C(=O)CC[C@](C)(O)c3cc4c(c(-c5ccc(F)cc5)n3)OC[C@]4(C)C(N)=O)cc2OC2CC2)c1. The van der Waals surface area contributed by atoms with Gasteiger partial charge in [-0.25, -0.2) is 9.37 Å². The number of nitrogens with zero attached hydrogens (tertiary/aromatic N) is 2. The van der Waals surface area contributed by atoms with E-state index in [4.69, 9.17) is 20.2 Å². The average molecular weight is 596 g/mol. The molecule has 44 heavy (non-hydrogen) atoms. The molecule has 1 amide bonds. The first-order valence-electron chi connectivity index (χ1n) is 14.7. The number of aryl methyl sites for hydroxylation is 1. The maximum absolute atomic E-state index is 13.7. The molecule has 4 aromatic rings. The average Bonchev–Trinajstić information content (AvgIpc) is 3.75. The second-order valence-corrected chi connectivity index (χ2v) is 12.2. The number of amides is 1. The van der Waals surface area contributed by atoms with E-state index in [-0.39, 0.29) is 37.0 Å². The summed E-state index contributed by atoms with van der Waals surface area (Å²) in [5.74, 6) is -0.162. The fourth-order valence-electron chi connectivity index (χ4n) is 5.40. The van der Waals surface area contributed by atoms with Crippen molar-refractivity contribution in [3.63, 3.8) is 0 Å². The molecule has 1 saturated carbocycles. The number of nitrogens with two attached hydrogens (primary N) is 1. The van der Waals surface area contributed by atoms with Gasteiger partial charge in [0.1, 0.15) is 40.6 Å². The summed E-state index contributed by atoms with van der Waals surface area (Å²) in [4.78, 5) is 35.0. The standard InChI is InChI=1S/C35H34FN3O5/c1-20-14-23(18-38-17-20)26-11-6-22(15-29(26)44-25-9-10-25)28(40)12-13-35(3,42)30-16-27-32(43-19-34(27,2)33(37)41)31(39-30)21-4-7-24(36)8-5-21/h4-8,11,14-18,25,42H,9-10,12-13,19H2,1-3H3,(H2,37,41)/t34-,35-/m0/s1. The number of carbonyl (C=O) groups excluding carboxylic acids is 2. The zero-order chi connectivity index (χ0) is 31.2. The van der Waals surface area contributed by atoms with E-state index < -0.39 is 22.7 Å². The van der Waals surface area contributed by atoms with E-state index >= 15 is 0 Å². The van der Waals surface area contributed by atoms with Crippen molar-refractivity contribution < 1.29 is 28.6 Å². The Labute approximate surface area is 255 Å². The minimum atomic E-state index is -1.55. The predicted molar refractivity (Wildman–Crippen MR) is 163 cm³/mol. The van der Waals surface area contributed by atoms with E-state index in [1.165, 1.54) is 12.1 Å². The van der Waals surface area contributed by atoms with Crippen molar-refractivity contribution in [2.24, 2.45) is 5.73 Å². The molecule has 0 bridgehead atoms. The molecule has 8 nitrogen and oxygen atoms in total. The fraction of sp³-hybridized carbons (Fsp3) is 0.314. The molecule has 2 atom stereocenters. The van der Waals surface area contributed by atoms with Gasteiger partial charge in [0.05, 0.1) is 11.8 Å². The Balaban J connectivity index is 1.29. The molecular formula is C35H34FN3O5. The van der Waals surface area contributed by atoms with E-state index in [2.05, 4.69) is 4.98 Å². The number of Topliss-reactive ketones (excluding diaryl/α,β-unsaturated/α-hetero) is 1. The molecule has 1 aliphatic carbocycles. The van der Waals surface area contributed by atoms with Crippen molar-refractivity contribution in [1.29, 1.82) is 0 Å². The molecule has 2 aromatic heterocycles. The summed E-state index contributed by atoms with van der Waals surface area (Å²) < 4.78 is 25.8. The van der Waals surface area contributed by atoms with Crippen LogP contribution in [0, 0.1) is 12.7 Å². The Kier molecular flexibility index (Phi) is 7.45. The van der Waals surface area contributed by atoms with Gasteiger partial charge in [-0.3, -0.25) is 14.6 Å². The largest absolute Gasteiger partial charge is 0.490 e. The summed E-state index contributed by atoms with van der Waals surface area (Å²) in [6.07, 6.45) is 5.72. The van der Waals surface area contributed by atoms with Crippen LogP contribution in [0.5, 0.6) is 11.5 Å². The fourth-order valence-corrected chi connectivity index (χ4v) is 5.40. The zero-order valence-electron chi connectivity index (χ0n) is 24.9. The number of aromatic nitrogens is 2. The van der Waals surface area contributed by atoms with E-state index in [0.717, 1.165) is 29.5 Å². The number of halogens is 1. The molecule has 0 spiro atoms. The van der Waals surface area contributed by atoms with Crippen LogP contribution in [0.4, 0.5) is 4.39 Å². The lowest BCUT2D eigenvalue weighted by atomic mass is 9.81. The highest BCUT2D eigenvalue weighted by atomic mass is 19.1. The number of hydrogen-bond donors (Lipinski definition) is 2. The van der Waals surface area contributed by atoms with Crippen molar-refractivity contribution in [2.45, 2.75) is 63.6 Å². The van der Waals surface area contributed by atoms with Gasteiger partial charge in [-0.2, -0.15) is 0 Å². The van der Waals surface area contributed by atoms with E-state index in [9.17, 15) is 19.1 Å². The number of pyridine rings is 2. The quantitative estimate of drug-likeness (QED) is 0.222. The summed E-state index contributed by atoms with van der Waals surface area (Å²) in [5.41, 5.74) is 7.99. The normalized spacial score (nSPS) is 18.7. The monoisotopic (exact) mass is 595 g/mol. The lowest BCUT2D eigenvalue weighted by Gasteiger charge is -2.26. The van der Waals surface area contributed by atoms with Crippen LogP contribution in [0.3, 0.4) is 0 Å². The molecule has 226 valence electrons. The van der Waals surface area contributed by atoms with Gasteiger partial charge >= 0.3 is 0 Å². The van der Waals surface area contributed by atoms with Gasteiger partial charge in [0, 0.05) is 46.6 Å². The number of benzene rings is 2. The van der Waals surface area contributed by atoms with E-state index in [1.54, 1.807) is 56.6 Å². The second kappa shape index (κ2) is 11.1. The minimum absolute atomic E-state index is 0.0114. The van der Waals surface area contributed by atoms with E-state index in [1.807, 2.05) is 19.1 Å². The number of fused-ring (bicyclic) bond motifs is 1. The van der Waals surface area contributed by atoms with Gasteiger partial charge in [0.2, 0.25) is 5.91 Å². The van der Waals surface area contributed by atoms with Crippen LogP contribution in [0.1, 0.15) is 66.7 Å². The molecule has 2 aromatic carbocycles. The van der Waals surface area contributed by atoms with Crippen LogP contribution in [-0.4, -0.2) is 39.5 Å². The number of hydrogen-bond acceptors (Lipinski definition) is 7. The highest BCUT2D eigenvalue weighted by Gasteiger charge is 2.45. The van der Waals surface area contributed by atoms with Gasteiger partial charge in [-0.1, -0.05) is 6.07 Å². The van der Waals surface area contributed by atoms with Crippen LogP contribution in [-0.2, 0) is 15.8 Å². The van der Waals surface area contributed by atoms with Crippen molar-refractivity contribution in [3.8, 4) is 33.9 Å². The minimum Gasteiger partial charge on any atom is -0.490 e. The summed E-state index contributed by atoms with van der Waals surface area (Å²) in [5, 5.41) is 11.7. The first-order chi connectivity index (χ1) is 20.9. The first kappa shape index (κ1) is 29.4. The molecule has 1 aliphatic heterocycles. The lowest BCUT2D eigenvalue weighted by molar-refractivity contribution is -0.123. The molecule has 3 heterocycles. The third-order valence-electron chi connectivity index (χ3n) is 8.43. The number of ether oxygens (including phenoxy) is 2. The van der Waals surface area contributed by atoms with Gasteiger partial charge in [-0.05, 0) is 94.1 Å². The van der Waals surface area contributed by atoms with Crippen molar-refractivity contribution in [1.82, 2.24) is 9.97 Å². The molecule has 2 aliphatic rings. The molecular weight excluding hydrogens is 561 g/mol. The summed E-state index contributed by atoms with van der Waals surface area (Å²) in [6.45, 7) is 5.24. The summed E-state index contributed by atoms with van der Waals surface area (Å²) in [7, 11) is 0. The lowest BCUT2D eigenvalue weighted by Crippen LogP contribution is -2.40. The number of primary amides is 1. The highest BCUT2D eigenvalue weighted by Crippen LogP contribution is 2.46. The van der Waals surface area contributed by atoms with Gasteiger partial charge in [0.25, 0.3) is 0 Å². The Bertz CT molecular complexity index is 1770. The molecule has 6 rings (SSSR count). The smallest absolute Gasteiger partial charge is 0.231 e. The second-order valence-electron chi connectivity index (χ2n) is 12.2. The van der Waals surface area contributed by atoms with Crippen molar-refractivity contribution in [3.05, 3.63) is 95.2 Å². The maximum atomic E-state index is 13.7. The molecule has 9 heteroatoms. The number of aliphatic hydroxyl groups is 1. The van der Waals surface area contributed by atoms with Crippen LogP contribution in [0.25, 0.3) is 22.4 Å². The number of ketones is 1. The topological polar surface area (TPSA) is 125 Å². The Morgan fingerprint density at radius 2 is 1.86 bits per heavy atom. The van der Waals surface area contributed by atoms with Crippen molar-refractivity contribution in [2.75, 3.05) is 6.61 Å². The Morgan fingerprint density at radius 1 is 1.11 bits per heavy atom. The van der Waals surface area contributed by atoms with Crippen LogP contribution in [0.15, 0.2) is 67.0 Å². The predicted octanol–water partition coefficient (Wildman–Crippen LogP) is 5.81. The third kappa shape index (κ3) is 5.67. The Hall–Kier alpha value is -4.63. The number of carbonyl (C=O) groups is 2. The van der Waals surface area contributed by atoms with E-state index in [0.29, 0.717) is 33.9 Å². The Morgan fingerprint density at radius 3 is 2.55 bits per heavy atom. The van der Waals surface area contributed by atoms with Gasteiger partial charge < -0.3 is 20.3 Å². The molecule has 0 radical (unpaired) electrons. The highest BCUT2D eigenvalue weighted by molar-refractivity contribution is 5.97. The maximum Gasteiger partial charge on any atom is 0.231 e. The zero-order valence-corrected chi connectivity index (χ0v) is 24.9. The van der Waals surface area contributed by atoms with Gasteiger partial charge in [-0.15, -0.1) is 0 Å². The molecule has 0 unspecified atom stereocenters. The third-order valence-corrected chi connectivity index (χ3v) is 8.43. The van der Waals surface area contributed by atoms with Crippen LogP contribution in [0.2, 0.25) is 0 Å². The van der Waals surface area contributed by atoms with Crippen molar-refractivity contribution >= 4 is 11.7 Å². The molecule has 0 saturated heterocycles. The summed E-state index contributed by atoms with van der Waals surface area (Å²) in [6, 6.07) is 14.8.